The first-order valence-electron chi connectivity index (χ1n) is 8.52. The summed E-state index contributed by atoms with van der Waals surface area (Å²) in [5.74, 6) is 1.37. The van der Waals surface area contributed by atoms with Crippen molar-refractivity contribution in [3.63, 3.8) is 0 Å². The van der Waals surface area contributed by atoms with Gasteiger partial charge in [0.15, 0.2) is 5.82 Å². The lowest BCUT2D eigenvalue weighted by molar-refractivity contribution is 0.102. The second-order valence-corrected chi connectivity index (χ2v) is 8.03. The number of anilines is 1. The van der Waals surface area contributed by atoms with E-state index in [1.807, 2.05) is 41.8 Å². The van der Waals surface area contributed by atoms with Crippen molar-refractivity contribution in [3.8, 4) is 21.3 Å². The Balaban J connectivity index is 1.36. The van der Waals surface area contributed by atoms with Gasteiger partial charge < -0.3 is 9.84 Å². The highest BCUT2D eigenvalue weighted by Crippen LogP contribution is 2.40. The molecule has 6 nitrogen and oxygen atoms in total. The van der Waals surface area contributed by atoms with Crippen molar-refractivity contribution in [1.29, 1.82) is 0 Å². The van der Waals surface area contributed by atoms with Gasteiger partial charge in [-0.25, -0.2) is 4.98 Å². The van der Waals surface area contributed by atoms with Crippen LogP contribution in [0, 0.1) is 0 Å². The maximum absolute atomic E-state index is 12.6. The van der Waals surface area contributed by atoms with E-state index in [0.717, 1.165) is 34.1 Å². The highest BCUT2D eigenvalue weighted by Gasteiger charge is 2.29. The van der Waals surface area contributed by atoms with Gasteiger partial charge in [0.1, 0.15) is 15.6 Å². The SMILES string of the molecule is O=C(Nc1ccsc1-c1nc(C2CC2)no1)c1csc(-c2ccccc2)n1. The minimum Gasteiger partial charge on any atom is -0.333 e. The third kappa shape index (κ3) is 3.29. The summed E-state index contributed by atoms with van der Waals surface area (Å²) in [5, 5.41) is 11.4. The van der Waals surface area contributed by atoms with Crippen LogP contribution in [0.5, 0.6) is 0 Å². The van der Waals surface area contributed by atoms with Crippen molar-refractivity contribution in [1.82, 2.24) is 15.1 Å². The van der Waals surface area contributed by atoms with Crippen LogP contribution >= 0.6 is 22.7 Å². The predicted molar refractivity (Wildman–Crippen MR) is 105 cm³/mol. The minimum absolute atomic E-state index is 0.255. The van der Waals surface area contributed by atoms with Crippen LogP contribution in [0.4, 0.5) is 5.69 Å². The smallest absolute Gasteiger partial charge is 0.275 e. The van der Waals surface area contributed by atoms with E-state index >= 15 is 0 Å². The molecule has 0 aliphatic heterocycles. The van der Waals surface area contributed by atoms with Crippen LogP contribution in [0.2, 0.25) is 0 Å². The molecule has 0 unspecified atom stereocenters. The van der Waals surface area contributed by atoms with E-state index in [9.17, 15) is 4.79 Å². The lowest BCUT2D eigenvalue weighted by atomic mass is 10.2. The maximum atomic E-state index is 12.6. The second-order valence-electron chi connectivity index (χ2n) is 6.25. The van der Waals surface area contributed by atoms with Gasteiger partial charge in [0.25, 0.3) is 11.8 Å². The molecule has 5 rings (SSSR count). The van der Waals surface area contributed by atoms with E-state index < -0.39 is 0 Å². The molecule has 1 aromatic carbocycles. The molecule has 1 aliphatic carbocycles. The van der Waals surface area contributed by atoms with Crippen LogP contribution in [-0.4, -0.2) is 21.0 Å². The van der Waals surface area contributed by atoms with Crippen LogP contribution in [0.1, 0.15) is 35.1 Å². The maximum Gasteiger partial charge on any atom is 0.275 e. The first-order chi connectivity index (χ1) is 13.3. The summed E-state index contributed by atoms with van der Waals surface area (Å²) in [5.41, 5.74) is 2.04. The highest BCUT2D eigenvalue weighted by molar-refractivity contribution is 7.14. The molecule has 1 aliphatic rings. The number of aromatic nitrogens is 3. The minimum atomic E-state index is -0.255. The largest absolute Gasteiger partial charge is 0.333 e. The van der Waals surface area contributed by atoms with Crippen LogP contribution in [0.3, 0.4) is 0 Å². The Hall–Kier alpha value is -2.84. The molecule has 134 valence electrons. The molecular formula is C19H14N4O2S2. The zero-order valence-corrected chi connectivity index (χ0v) is 15.7. The molecule has 1 fully saturated rings. The van der Waals surface area contributed by atoms with Crippen LogP contribution in [0.15, 0.2) is 51.7 Å². The highest BCUT2D eigenvalue weighted by atomic mass is 32.1. The summed E-state index contributed by atoms with van der Waals surface area (Å²) in [6.45, 7) is 0. The van der Waals surface area contributed by atoms with Crippen LogP contribution in [-0.2, 0) is 0 Å². The van der Waals surface area contributed by atoms with Gasteiger partial charge in [-0.3, -0.25) is 4.79 Å². The van der Waals surface area contributed by atoms with Gasteiger partial charge in [0, 0.05) is 16.9 Å². The summed E-state index contributed by atoms with van der Waals surface area (Å²) < 4.78 is 5.38. The third-order valence-corrected chi connectivity index (χ3v) is 6.04. The molecule has 0 saturated heterocycles. The van der Waals surface area contributed by atoms with Gasteiger partial charge in [0.2, 0.25) is 0 Å². The zero-order valence-electron chi connectivity index (χ0n) is 14.1. The number of thiophene rings is 1. The Morgan fingerprint density at radius 3 is 2.78 bits per heavy atom. The van der Waals surface area contributed by atoms with Crippen molar-refractivity contribution >= 4 is 34.3 Å². The average molecular weight is 394 g/mol. The van der Waals surface area contributed by atoms with Crippen molar-refractivity contribution in [2.75, 3.05) is 5.32 Å². The quantitative estimate of drug-likeness (QED) is 0.512. The fraction of sp³-hybridized carbons (Fsp3) is 0.158. The predicted octanol–water partition coefficient (Wildman–Crippen LogP) is 5.05. The molecule has 1 N–H and O–H groups in total. The second kappa shape index (κ2) is 6.71. The number of hydrogen-bond acceptors (Lipinski definition) is 7. The molecule has 27 heavy (non-hydrogen) atoms. The molecule has 3 aromatic heterocycles. The molecule has 0 radical (unpaired) electrons. The van der Waals surface area contributed by atoms with E-state index in [1.165, 1.54) is 22.7 Å². The fourth-order valence-electron chi connectivity index (χ4n) is 2.69. The molecule has 8 heteroatoms. The van der Waals surface area contributed by atoms with Gasteiger partial charge in [-0.1, -0.05) is 35.5 Å². The number of benzene rings is 1. The Morgan fingerprint density at radius 1 is 1.11 bits per heavy atom. The number of rotatable bonds is 5. The summed E-state index contributed by atoms with van der Waals surface area (Å²) in [7, 11) is 0. The van der Waals surface area contributed by atoms with E-state index in [0.29, 0.717) is 23.2 Å². The summed E-state index contributed by atoms with van der Waals surface area (Å²) in [6, 6.07) is 11.6. The lowest BCUT2D eigenvalue weighted by Gasteiger charge is -2.02. The summed E-state index contributed by atoms with van der Waals surface area (Å²) >= 11 is 2.91. The van der Waals surface area contributed by atoms with Gasteiger partial charge in [-0.2, -0.15) is 4.98 Å². The van der Waals surface area contributed by atoms with Gasteiger partial charge in [-0.15, -0.1) is 22.7 Å². The Morgan fingerprint density at radius 2 is 1.96 bits per heavy atom. The first-order valence-corrected chi connectivity index (χ1v) is 10.3. The molecule has 0 atom stereocenters. The number of thiazole rings is 1. The molecule has 3 heterocycles. The Kier molecular flexibility index (Phi) is 4.06. The van der Waals surface area contributed by atoms with Crippen molar-refractivity contribution in [2.24, 2.45) is 0 Å². The van der Waals surface area contributed by atoms with Gasteiger partial charge in [0.05, 0.1) is 5.69 Å². The number of amides is 1. The van der Waals surface area contributed by atoms with Gasteiger partial charge in [-0.05, 0) is 24.3 Å². The molecule has 1 amide bonds. The zero-order chi connectivity index (χ0) is 18.2. The molecule has 4 aromatic rings. The van der Waals surface area contributed by atoms with Crippen molar-refractivity contribution in [2.45, 2.75) is 18.8 Å². The van der Waals surface area contributed by atoms with Crippen molar-refractivity contribution in [3.05, 3.63) is 58.7 Å². The van der Waals surface area contributed by atoms with Crippen LogP contribution in [0.25, 0.3) is 21.3 Å². The first kappa shape index (κ1) is 16.3. The lowest BCUT2D eigenvalue weighted by Crippen LogP contribution is -2.12. The van der Waals surface area contributed by atoms with E-state index in [2.05, 4.69) is 20.4 Å². The van der Waals surface area contributed by atoms with Gasteiger partial charge >= 0.3 is 0 Å². The normalized spacial score (nSPS) is 13.6. The topological polar surface area (TPSA) is 80.9 Å². The van der Waals surface area contributed by atoms with E-state index in [-0.39, 0.29) is 5.91 Å². The third-order valence-electron chi connectivity index (χ3n) is 4.25. The number of hydrogen-bond donors (Lipinski definition) is 1. The van der Waals surface area contributed by atoms with Crippen molar-refractivity contribution < 1.29 is 9.32 Å². The molecule has 1 saturated carbocycles. The fourth-order valence-corrected chi connectivity index (χ4v) is 4.26. The summed E-state index contributed by atoms with van der Waals surface area (Å²) in [6.07, 6.45) is 2.22. The number of carbonyl (C=O) groups excluding carboxylic acids is 1. The summed E-state index contributed by atoms with van der Waals surface area (Å²) in [4.78, 5) is 22.3. The standard InChI is InChI=1S/C19H14N4O2S2/c24-17(14-10-27-19(21-14)12-4-2-1-3-5-12)20-13-8-9-26-15(13)18-22-16(23-25-18)11-6-7-11/h1-5,8-11H,6-7H2,(H,20,24). The number of nitrogens with zero attached hydrogens (tertiary/aromatic N) is 3. The Labute approximate surface area is 162 Å². The molecular weight excluding hydrogens is 380 g/mol. The number of nitrogens with one attached hydrogen (secondary N) is 1. The monoisotopic (exact) mass is 394 g/mol. The Bertz CT molecular complexity index is 1100. The number of carbonyl (C=O) groups is 1. The molecule has 0 bridgehead atoms. The average Bonchev–Trinajstić information content (AvgIpc) is 3.11. The van der Waals surface area contributed by atoms with Crippen LogP contribution < -0.4 is 5.32 Å². The van der Waals surface area contributed by atoms with E-state index in [1.54, 1.807) is 5.38 Å². The van der Waals surface area contributed by atoms with E-state index in [4.69, 9.17) is 4.52 Å². The molecule has 0 spiro atoms.